The van der Waals surface area contributed by atoms with E-state index in [1.54, 1.807) is 48.7 Å². The van der Waals surface area contributed by atoms with Crippen LogP contribution < -0.4 is 0 Å². The molecule has 0 amide bonds. The molecule has 3 rings (SSSR count). The van der Waals surface area contributed by atoms with E-state index in [-0.39, 0.29) is 6.54 Å². The molecule has 6 nitrogen and oxygen atoms in total. The molecule has 0 atom stereocenters. The van der Waals surface area contributed by atoms with Gasteiger partial charge in [0.05, 0.1) is 36.9 Å². The third-order valence-corrected chi connectivity index (χ3v) is 6.60. The molecule has 2 heterocycles. The Hall–Kier alpha value is -1.32. The average Bonchev–Trinajstić information content (AvgIpc) is 3.03. The highest BCUT2D eigenvalue weighted by Crippen LogP contribution is 2.18. The molecule has 1 fully saturated rings. The Labute approximate surface area is 146 Å². The molecule has 0 saturated carbocycles. The SMILES string of the molecule is CN(Cc1csc(CN2CCOCC2)n1)S(=O)(=O)c1ccccc1. The molecule has 1 saturated heterocycles. The summed E-state index contributed by atoms with van der Waals surface area (Å²) in [4.78, 5) is 7.19. The van der Waals surface area contributed by atoms with E-state index in [9.17, 15) is 8.42 Å². The van der Waals surface area contributed by atoms with Gasteiger partial charge in [-0.2, -0.15) is 4.31 Å². The van der Waals surface area contributed by atoms with Gasteiger partial charge in [-0.3, -0.25) is 4.90 Å². The number of ether oxygens (including phenoxy) is 1. The van der Waals surface area contributed by atoms with Crippen LogP contribution in [0.4, 0.5) is 0 Å². The number of hydrogen-bond acceptors (Lipinski definition) is 6. The number of hydrogen-bond donors (Lipinski definition) is 0. The molecule has 0 unspecified atom stereocenters. The summed E-state index contributed by atoms with van der Waals surface area (Å²) >= 11 is 1.58. The van der Waals surface area contributed by atoms with Gasteiger partial charge in [0.15, 0.2) is 0 Å². The normalized spacial score (nSPS) is 16.6. The van der Waals surface area contributed by atoms with Crippen molar-refractivity contribution in [3.8, 4) is 0 Å². The van der Waals surface area contributed by atoms with E-state index in [2.05, 4.69) is 9.88 Å². The molecule has 1 aliphatic rings. The van der Waals surface area contributed by atoms with Gasteiger partial charge in [-0.1, -0.05) is 18.2 Å². The number of benzene rings is 1. The van der Waals surface area contributed by atoms with Crippen molar-refractivity contribution in [2.24, 2.45) is 0 Å². The van der Waals surface area contributed by atoms with Crippen molar-refractivity contribution >= 4 is 21.4 Å². The van der Waals surface area contributed by atoms with Gasteiger partial charge in [0.2, 0.25) is 10.0 Å². The van der Waals surface area contributed by atoms with Crippen LogP contribution in [0.1, 0.15) is 10.7 Å². The van der Waals surface area contributed by atoms with Gasteiger partial charge in [-0.05, 0) is 12.1 Å². The highest BCUT2D eigenvalue weighted by atomic mass is 32.2. The maximum Gasteiger partial charge on any atom is 0.243 e. The van der Waals surface area contributed by atoms with E-state index in [0.29, 0.717) is 4.90 Å². The lowest BCUT2D eigenvalue weighted by Crippen LogP contribution is -2.35. The van der Waals surface area contributed by atoms with E-state index in [0.717, 1.165) is 43.5 Å². The first-order valence-corrected chi connectivity index (χ1v) is 10.1. The Kier molecular flexibility index (Phi) is 5.62. The zero-order valence-corrected chi connectivity index (χ0v) is 15.2. The van der Waals surface area contributed by atoms with Crippen molar-refractivity contribution in [3.63, 3.8) is 0 Å². The van der Waals surface area contributed by atoms with Crippen molar-refractivity contribution in [1.82, 2.24) is 14.2 Å². The summed E-state index contributed by atoms with van der Waals surface area (Å²) in [6.45, 7) is 4.42. The third kappa shape index (κ3) is 4.20. The van der Waals surface area contributed by atoms with E-state index < -0.39 is 10.0 Å². The fourth-order valence-electron chi connectivity index (χ4n) is 2.53. The Morgan fingerprint density at radius 1 is 1.25 bits per heavy atom. The van der Waals surface area contributed by atoms with E-state index in [4.69, 9.17) is 4.74 Å². The highest BCUT2D eigenvalue weighted by Gasteiger charge is 2.21. The van der Waals surface area contributed by atoms with Gasteiger partial charge in [0.1, 0.15) is 5.01 Å². The van der Waals surface area contributed by atoms with Crippen LogP contribution in [-0.4, -0.2) is 56.0 Å². The fraction of sp³-hybridized carbons (Fsp3) is 0.438. The van der Waals surface area contributed by atoms with Crippen molar-refractivity contribution < 1.29 is 13.2 Å². The maximum atomic E-state index is 12.5. The number of sulfonamides is 1. The average molecular weight is 367 g/mol. The number of thiazole rings is 1. The first-order valence-electron chi connectivity index (χ1n) is 7.80. The molecule has 24 heavy (non-hydrogen) atoms. The van der Waals surface area contributed by atoms with Crippen molar-refractivity contribution in [2.45, 2.75) is 18.0 Å². The molecular weight excluding hydrogens is 346 g/mol. The molecular formula is C16H21N3O3S2. The summed E-state index contributed by atoms with van der Waals surface area (Å²) in [5.74, 6) is 0. The van der Waals surface area contributed by atoms with E-state index in [1.807, 2.05) is 5.38 Å². The molecule has 2 aromatic rings. The molecule has 0 bridgehead atoms. The number of rotatable bonds is 6. The summed E-state index contributed by atoms with van der Waals surface area (Å²) in [5.41, 5.74) is 0.783. The summed E-state index contributed by atoms with van der Waals surface area (Å²) in [7, 11) is -1.90. The highest BCUT2D eigenvalue weighted by molar-refractivity contribution is 7.89. The Bertz CT molecular complexity index is 756. The summed E-state index contributed by atoms with van der Waals surface area (Å²) in [5, 5.41) is 2.95. The zero-order chi connectivity index (χ0) is 17.0. The minimum Gasteiger partial charge on any atom is -0.379 e. The fourth-order valence-corrected chi connectivity index (χ4v) is 4.52. The first-order chi connectivity index (χ1) is 11.6. The van der Waals surface area contributed by atoms with Crippen LogP contribution in [0.2, 0.25) is 0 Å². The van der Waals surface area contributed by atoms with Crippen molar-refractivity contribution in [1.29, 1.82) is 0 Å². The molecule has 1 aliphatic heterocycles. The second kappa shape index (κ2) is 7.71. The van der Waals surface area contributed by atoms with Gasteiger partial charge in [0.25, 0.3) is 0 Å². The molecule has 0 aliphatic carbocycles. The Morgan fingerprint density at radius 2 is 1.96 bits per heavy atom. The van der Waals surface area contributed by atoms with Crippen LogP contribution in [0.25, 0.3) is 0 Å². The van der Waals surface area contributed by atoms with Crippen LogP contribution in [0.3, 0.4) is 0 Å². The van der Waals surface area contributed by atoms with Crippen LogP contribution in [-0.2, 0) is 27.8 Å². The number of morpholine rings is 1. The topological polar surface area (TPSA) is 62.7 Å². The van der Waals surface area contributed by atoms with E-state index in [1.165, 1.54) is 4.31 Å². The Morgan fingerprint density at radius 3 is 2.67 bits per heavy atom. The van der Waals surface area contributed by atoms with Crippen LogP contribution in [0.5, 0.6) is 0 Å². The second-order valence-electron chi connectivity index (χ2n) is 5.70. The zero-order valence-electron chi connectivity index (χ0n) is 13.6. The van der Waals surface area contributed by atoms with Gasteiger partial charge >= 0.3 is 0 Å². The van der Waals surface area contributed by atoms with Gasteiger partial charge in [-0.15, -0.1) is 11.3 Å². The number of nitrogens with zero attached hydrogens (tertiary/aromatic N) is 3. The standard InChI is InChI=1S/C16H21N3O3S2/c1-18(24(20,21)15-5-3-2-4-6-15)11-14-13-23-16(17-14)12-19-7-9-22-10-8-19/h2-6,13H,7-12H2,1H3. The molecule has 1 aromatic carbocycles. The molecule has 1 aromatic heterocycles. The lowest BCUT2D eigenvalue weighted by atomic mass is 10.4. The maximum absolute atomic E-state index is 12.5. The predicted molar refractivity (Wildman–Crippen MR) is 93.3 cm³/mol. The summed E-state index contributed by atoms with van der Waals surface area (Å²) < 4.78 is 31.8. The largest absolute Gasteiger partial charge is 0.379 e. The molecule has 0 spiro atoms. The smallest absolute Gasteiger partial charge is 0.243 e. The lowest BCUT2D eigenvalue weighted by molar-refractivity contribution is 0.0341. The van der Waals surface area contributed by atoms with Crippen molar-refractivity contribution in [3.05, 3.63) is 46.4 Å². The van der Waals surface area contributed by atoms with Crippen LogP contribution in [0.15, 0.2) is 40.6 Å². The Balaban J connectivity index is 1.63. The van der Waals surface area contributed by atoms with Gasteiger partial charge in [-0.25, -0.2) is 13.4 Å². The van der Waals surface area contributed by atoms with Gasteiger partial charge in [0, 0.05) is 25.5 Å². The first kappa shape index (κ1) is 17.5. The second-order valence-corrected chi connectivity index (χ2v) is 8.68. The summed E-state index contributed by atoms with van der Waals surface area (Å²) in [6.07, 6.45) is 0. The van der Waals surface area contributed by atoms with Gasteiger partial charge < -0.3 is 4.74 Å². The molecule has 130 valence electrons. The van der Waals surface area contributed by atoms with Crippen LogP contribution >= 0.6 is 11.3 Å². The molecule has 0 N–H and O–H groups in total. The minimum absolute atomic E-state index is 0.275. The minimum atomic E-state index is -3.48. The van der Waals surface area contributed by atoms with Crippen molar-refractivity contribution in [2.75, 3.05) is 33.4 Å². The molecule has 8 heteroatoms. The number of aromatic nitrogens is 1. The molecule has 0 radical (unpaired) electrons. The summed E-state index contributed by atoms with van der Waals surface area (Å²) in [6, 6.07) is 8.47. The predicted octanol–water partition coefficient (Wildman–Crippen LogP) is 1.80. The quantitative estimate of drug-likeness (QED) is 0.779. The third-order valence-electron chi connectivity index (χ3n) is 3.90. The monoisotopic (exact) mass is 367 g/mol. The van der Waals surface area contributed by atoms with Crippen LogP contribution in [0, 0.1) is 0 Å². The van der Waals surface area contributed by atoms with E-state index >= 15 is 0 Å². The lowest BCUT2D eigenvalue weighted by Gasteiger charge is -2.25.